The van der Waals surface area contributed by atoms with E-state index < -0.39 is 67.3 Å². The fourth-order valence-corrected chi connectivity index (χ4v) is 9.85. The van der Waals surface area contributed by atoms with E-state index in [1.807, 2.05) is 6.08 Å². The first-order valence-electron chi connectivity index (χ1n) is 33.6. The lowest BCUT2D eigenvalue weighted by molar-refractivity contribution is -0.301. The van der Waals surface area contributed by atoms with Crippen LogP contribution < -0.4 is 0 Å². The van der Waals surface area contributed by atoms with Crippen LogP contribution in [0.1, 0.15) is 290 Å². The monoisotopic (exact) mass is 1160 g/mol. The highest BCUT2D eigenvalue weighted by molar-refractivity contribution is 5.74. The van der Waals surface area contributed by atoms with Crippen LogP contribution >= 0.6 is 0 Å². The number of hydrogen-bond acceptors (Lipinski definition) is 11. The molecule has 0 aromatic heterocycles. The topological polar surface area (TPSA) is 175 Å². The van der Waals surface area contributed by atoms with Crippen LogP contribution in [-0.2, 0) is 42.9 Å². The number of carbonyl (C=O) groups is 4. The summed E-state index contributed by atoms with van der Waals surface area (Å²) in [7, 11) is 0. The SMILES string of the molecule is CC/C=C\C/C=C\C/C=C\C/C=C\C/C=C\CCCC(=O)OCC(COC1OC(C(=O)O)C(O)C(O)C1OC(=O)CCCCCCCCCCC/C=C\C/C=C\CCCCC)OC(=O)CCCCCCCCCCCCCCCCCCC. The number of rotatable bonds is 57. The van der Waals surface area contributed by atoms with E-state index in [1.54, 1.807) is 0 Å². The van der Waals surface area contributed by atoms with Crippen LogP contribution in [-0.4, -0.2) is 89.2 Å². The minimum Gasteiger partial charge on any atom is -0.479 e. The molecule has 0 aliphatic carbocycles. The van der Waals surface area contributed by atoms with E-state index in [0.29, 0.717) is 25.7 Å². The third kappa shape index (κ3) is 47.8. The molecule has 1 rings (SSSR count). The van der Waals surface area contributed by atoms with Crippen molar-refractivity contribution in [1.29, 1.82) is 0 Å². The van der Waals surface area contributed by atoms with Gasteiger partial charge in [-0.2, -0.15) is 0 Å². The Hall–Kier alpha value is -4.10. The van der Waals surface area contributed by atoms with E-state index in [-0.39, 0.29) is 25.9 Å². The van der Waals surface area contributed by atoms with E-state index >= 15 is 0 Å². The summed E-state index contributed by atoms with van der Waals surface area (Å²) in [5.74, 6) is -3.19. The van der Waals surface area contributed by atoms with Crippen molar-refractivity contribution in [3.63, 3.8) is 0 Å². The molecular weight excluding hydrogens is 1040 g/mol. The first-order valence-corrected chi connectivity index (χ1v) is 33.6. The largest absolute Gasteiger partial charge is 0.479 e. The average Bonchev–Trinajstić information content (AvgIpc) is 3.58. The third-order valence-corrected chi connectivity index (χ3v) is 15.0. The highest BCUT2D eigenvalue weighted by atomic mass is 16.7. The van der Waals surface area contributed by atoms with Crippen LogP contribution in [0.3, 0.4) is 0 Å². The third-order valence-electron chi connectivity index (χ3n) is 15.0. The minimum atomic E-state index is -1.91. The van der Waals surface area contributed by atoms with Crippen LogP contribution in [0.5, 0.6) is 0 Å². The van der Waals surface area contributed by atoms with Gasteiger partial charge in [-0.15, -0.1) is 0 Å². The number of esters is 3. The van der Waals surface area contributed by atoms with Crippen LogP contribution in [0, 0.1) is 0 Å². The van der Waals surface area contributed by atoms with Gasteiger partial charge in [0, 0.05) is 19.3 Å². The van der Waals surface area contributed by atoms with Gasteiger partial charge in [0.25, 0.3) is 0 Å². The zero-order chi connectivity index (χ0) is 60.3. The molecule has 1 fully saturated rings. The lowest BCUT2D eigenvalue weighted by atomic mass is 9.98. The summed E-state index contributed by atoms with van der Waals surface area (Å²) in [4.78, 5) is 51.4. The molecule has 0 spiro atoms. The number of ether oxygens (including phenoxy) is 5. The summed E-state index contributed by atoms with van der Waals surface area (Å²) in [6.45, 7) is 5.85. The summed E-state index contributed by atoms with van der Waals surface area (Å²) >= 11 is 0. The van der Waals surface area contributed by atoms with Gasteiger partial charge in [-0.25, -0.2) is 4.79 Å². The minimum absolute atomic E-state index is 0.0488. The van der Waals surface area contributed by atoms with Gasteiger partial charge in [-0.1, -0.05) is 266 Å². The maximum absolute atomic E-state index is 13.2. The molecule has 0 aromatic rings. The molecule has 6 unspecified atom stereocenters. The number of unbranched alkanes of at least 4 members (excludes halogenated alkanes) is 29. The molecule has 3 N–H and O–H groups in total. The number of aliphatic hydroxyl groups excluding tert-OH is 2. The lowest BCUT2D eigenvalue weighted by Crippen LogP contribution is -2.61. The molecule has 6 atom stereocenters. The fourth-order valence-electron chi connectivity index (χ4n) is 9.85. The van der Waals surface area contributed by atoms with Crippen molar-refractivity contribution in [2.45, 2.75) is 327 Å². The maximum atomic E-state index is 13.2. The van der Waals surface area contributed by atoms with Crippen LogP contribution in [0.2, 0.25) is 0 Å². The summed E-state index contributed by atoms with van der Waals surface area (Å²) in [6.07, 6.45) is 64.0. The van der Waals surface area contributed by atoms with E-state index in [4.69, 9.17) is 23.7 Å². The number of allylic oxidation sites excluding steroid dienone is 14. The van der Waals surface area contributed by atoms with Crippen LogP contribution in [0.25, 0.3) is 0 Å². The Labute approximate surface area is 505 Å². The predicted molar refractivity (Wildman–Crippen MR) is 340 cm³/mol. The van der Waals surface area contributed by atoms with Gasteiger partial charge in [0.05, 0.1) is 6.61 Å². The average molecular weight is 1170 g/mol. The van der Waals surface area contributed by atoms with Gasteiger partial charge in [0.2, 0.25) is 0 Å². The second-order valence-corrected chi connectivity index (χ2v) is 22.7. The molecule has 1 aliphatic heterocycles. The first kappa shape index (κ1) is 76.9. The maximum Gasteiger partial charge on any atom is 0.335 e. The van der Waals surface area contributed by atoms with Crippen molar-refractivity contribution in [2.75, 3.05) is 13.2 Å². The molecule has 1 aliphatic rings. The molecule has 12 nitrogen and oxygen atoms in total. The number of carboxylic acids is 1. The molecule has 476 valence electrons. The van der Waals surface area contributed by atoms with Gasteiger partial charge in [-0.3, -0.25) is 14.4 Å². The Morgan fingerprint density at radius 1 is 0.410 bits per heavy atom. The molecule has 1 heterocycles. The van der Waals surface area contributed by atoms with E-state index in [0.717, 1.165) is 89.9 Å². The van der Waals surface area contributed by atoms with Gasteiger partial charge in [-0.05, 0) is 89.9 Å². The molecule has 0 radical (unpaired) electrons. The number of aliphatic carboxylic acids is 1. The van der Waals surface area contributed by atoms with Crippen LogP contribution in [0.4, 0.5) is 0 Å². The van der Waals surface area contributed by atoms with Crippen LogP contribution in [0.15, 0.2) is 85.1 Å². The Bertz CT molecular complexity index is 1760. The van der Waals surface area contributed by atoms with E-state index in [2.05, 4.69) is 99.8 Å². The molecule has 0 bridgehead atoms. The highest BCUT2D eigenvalue weighted by Crippen LogP contribution is 2.27. The normalized spacial score (nSPS) is 18.1. The van der Waals surface area contributed by atoms with Gasteiger partial charge < -0.3 is 39.0 Å². The summed E-state index contributed by atoms with van der Waals surface area (Å²) in [6, 6.07) is 0. The molecule has 1 saturated heterocycles. The number of carboxylic acid groups (broad SMARTS) is 1. The molecule has 0 aromatic carbocycles. The molecule has 12 heteroatoms. The zero-order valence-electron chi connectivity index (χ0n) is 52.7. The Morgan fingerprint density at radius 2 is 0.771 bits per heavy atom. The smallest absolute Gasteiger partial charge is 0.335 e. The predicted octanol–water partition coefficient (Wildman–Crippen LogP) is 18.2. The van der Waals surface area contributed by atoms with Gasteiger partial charge in [0.1, 0.15) is 18.8 Å². The standard InChI is InChI=1S/C71H120O12/c1-4-7-10-13-16-19-22-25-28-31-32-35-38-41-44-47-50-53-56-59-65(74)82-69-67(76)66(75)68(70(77)78)83-71(69)80-61-62(81-64(73)58-55-52-49-46-43-40-37-34-30-27-24-21-18-15-12-9-6-3)60-79-63(72)57-54-51-48-45-42-39-36-33-29-26-23-20-17-14-11-8-5-2/h8,11,16-17,19-20,25-26,28-29,36,39,45,48,62,66-69,71,75-76H,4-7,9-10,12-15,18,21-24,27,30-35,37-38,40-44,46-47,49-61H2,1-3H3,(H,77,78)/b11-8-,19-16-,20-17-,28-25-,29-26-,39-36-,48-45-. The van der Waals surface area contributed by atoms with Crippen molar-refractivity contribution in [1.82, 2.24) is 0 Å². The molecular formula is C71H120O12. The quantitative estimate of drug-likeness (QED) is 0.0228. The summed E-state index contributed by atoms with van der Waals surface area (Å²) in [5.41, 5.74) is 0. The van der Waals surface area contributed by atoms with Gasteiger partial charge in [0.15, 0.2) is 24.6 Å². The van der Waals surface area contributed by atoms with Gasteiger partial charge >= 0.3 is 23.9 Å². The van der Waals surface area contributed by atoms with Crippen molar-refractivity contribution in [3.8, 4) is 0 Å². The zero-order valence-corrected chi connectivity index (χ0v) is 52.7. The Balaban J connectivity index is 2.68. The molecule has 0 amide bonds. The summed E-state index contributed by atoms with van der Waals surface area (Å²) in [5, 5.41) is 31.6. The second kappa shape index (κ2) is 58.3. The van der Waals surface area contributed by atoms with Crippen molar-refractivity contribution in [3.05, 3.63) is 85.1 Å². The highest BCUT2D eigenvalue weighted by Gasteiger charge is 2.50. The summed E-state index contributed by atoms with van der Waals surface area (Å²) < 4.78 is 28.5. The van der Waals surface area contributed by atoms with E-state index in [1.165, 1.54) is 135 Å². The van der Waals surface area contributed by atoms with Crippen molar-refractivity contribution >= 4 is 23.9 Å². The van der Waals surface area contributed by atoms with E-state index in [9.17, 15) is 34.5 Å². The number of aliphatic hydroxyl groups is 2. The number of carbonyl (C=O) groups excluding carboxylic acids is 3. The molecule has 0 saturated carbocycles. The first-order chi connectivity index (χ1) is 40.6. The second-order valence-electron chi connectivity index (χ2n) is 22.7. The Morgan fingerprint density at radius 3 is 1.22 bits per heavy atom. The molecule has 83 heavy (non-hydrogen) atoms. The fraction of sp³-hybridized carbons (Fsp3) is 0.746. The Kier molecular flexibility index (Phi) is 54.0. The van der Waals surface area contributed by atoms with Crippen molar-refractivity contribution in [2.24, 2.45) is 0 Å². The number of hydrogen-bond donors (Lipinski definition) is 3. The lowest BCUT2D eigenvalue weighted by Gasteiger charge is -2.40. The van der Waals surface area contributed by atoms with Crippen molar-refractivity contribution < 1.29 is 58.2 Å².